The molecular formula is C18H20N2O6. The molecule has 0 radical (unpaired) electrons. The summed E-state index contributed by atoms with van der Waals surface area (Å²) >= 11 is 0. The number of ether oxygens (including phenoxy) is 3. The van der Waals surface area contributed by atoms with Crippen LogP contribution >= 0.6 is 0 Å². The van der Waals surface area contributed by atoms with Gasteiger partial charge < -0.3 is 18.7 Å². The third-order valence-electron chi connectivity index (χ3n) is 3.65. The number of benzene rings is 1. The predicted molar refractivity (Wildman–Crippen MR) is 91.5 cm³/mol. The van der Waals surface area contributed by atoms with E-state index in [1.165, 1.54) is 6.07 Å². The number of carbonyl (C=O) groups excluding carboxylic acids is 2. The molecule has 0 bridgehead atoms. The Morgan fingerprint density at radius 2 is 1.88 bits per heavy atom. The third-order valence-corrected chi connectivity index (χ3v) is 3.65. The molecule has 2 heterocycles. The average Bonchev–Trinajstić information content (AvgIpc) is 3.08. The molecule has 2 aromatic rings. The SMILES string of the molecule is CC(C)(C)c1cc(NC(=O)COC(=O)c2ccc3c(c2)OCCO3)on1. The number of hydrogen-bond acceptors (Lipinski definition) is 7. The number of aromatic nitrogens is 1. The molecule has 1 aromatic heterocycles. The van der Waals surface area contributed by atoms with Crippen LogP contribution in [0.2, 0.25) is 0 Å². The Bertz CT molecular complexity index is 821. The van der Waals surface area contributed by atoms with Crippen LogP contribution in [0.25, 0.3) is 0 Å². The summed E-state index contributed by atoms with van der Waals surface area (Å²) in [4.78, 5) is 24.0. The van der Waals surface area contributed by atoms with Crippen molar-refractivity contribution in [2.24, 2.45) is 0 Å². The Kier molecular flexibility index (Phi) is 4.83. The minimum Gasteiger partial charge on any atom is -0.486 e. The number of hydrogen-bond donors (Lipinski definition) is 1. The van der Waals surface area contributed by atoms with Gasteiger partial charge in [0.25, 0.3) is 5.91 Å². The van der Waals surface area contributed by atoms with Gasteiger partial charge in [-0.05, 0) is 18.2 Å². The molecule has 0 fully saturated rings. The summed E-state index contributed by atoms with van der Waals surface area (Å²) in [5.41, 5.74) is 0.787. The molecule has 1 amide bonds. The van der Waals surface area contributed by atoms with Gasteiger partial charge in [0.2, 0.25) is 5.88 Å². The van der Waals surface area contributed by atoms with E-state index in [0.717, 1.165) is 0 Å². The second-order valence-corrected chi connectivity index (χ2v) is 6.81. The fourth-order valence-corrected chi connectivity index (χ4v) is 2.25. The van der Waals surface area contributed by atoms with E-state index < -0.39 is 18.5 Å². The summed E-state index contributed by atoms with van der Waals surface area (Å²) in [5, 5.41) is 6.40. The van der Waals surface area contributed by atoms with Gasteiger partial charge in [-0.2, -0.15) is 0 Å². The van der Waals surface area contributed by atoms with Crippen LogP contribution in [0.5, 0.6) is 11.5 Å². The molecule has 0 unspecified atom stereocenters. The Balaban J connectivity index is 1.54. The van der Waals surface area contributed by atoms with E-state index in [2.05, 4.69) is 10.5 Å². The number of nitrogens with one attached hydrogen (secondary N) is 1. The molecular weight excluding hydrogens is 340 g/mol. The van der Waals surface area contributed by atoms with Crippen molar-refractivity contribution in [2.45, 2.75) is 26.2 Å². The highest BCUT2D eigenvalue weighted by Gasteiger charge is 2.20. The molecule has 1 aliphatic rings. The van der Waals surface area contributed by atoms with Gasteiger partial charge in [0.15, 0.2) is 18.1 Å². The normalized spacial score (nSPS) is 13.2. The maximum Gasteiger partial charge on any atom is 0.338 e. The van der Waals surface area contributed by atoms with Gasteiger partial charge in [0.05, 0.1) is 11.3 Å². The van der Waals surface area contributed by atoms with Gasteiger partial charge in [-0.15, -0.1) is 0 Å². The summed E-state index contributed by atoms with van der Waals surface area (Å²) in [6.45, 7) is 6.37. The number of esters is 1. The van der Waals surface area contributed by atoms with Crippen LogP contribution in [0.4, 0.5) is 5.88 Å². The number of anilines is 1. The highest BCUT2D eigenvalue weighted by atomic mass is 16.6. The van der Waals surface area contributed by atoms with E-state index in [1.54, 1.807) is 18.2 Å². The maximum absolute atomic E-state index is 12.1. The fourth-order valence-electron chi connectivity index (χ4n) is 2.25. The molecule has 1 aromatic carbocycles. The van der Waals surface area contributed by atoms with Crippen LogP contribution in [-0.4, -0.2) is 36.9 Å². The van der Waals surface area contributed by atoms with Crippen LogP contribution in [-0.2, 0) is 14.9 Å². The van der Waals surface area contributed by atoms with E-state index in [9.17, 15) is 9.59 Å². The molecule has 0 saturated carbocycles. The van der Waals surface area contributed by atoms with E-state index in [-0.39, 0.29) is 16.9 Å². The van der Waals surface area contributed by atoms with Gasteiger partial charge in [0.1, 0.15) is 13.2 Å². The van der Waals surface area contributed by atoms with E-state index in [0.29, 0.717) is 30.4 Å². The minimum absolute atomic E-state index is 0.197. The molecule has 0 atom stereocenters. The lowest BCUT2D eigenvalue weighted by Crippen LogP contribution is -2.21. The lowest BCUT2D eigenvalue weighted by molar-refractivity contribution is -0.119. The average molecular weight is 360 g/mol. The van der Waals surface area contributed by atoms with Crippen LogP contribution in [0.3, 0.4) is 0 Å². The lowest BCUT2D eigenvalue weighted by atomic mass is 9.92. The number of fused-ring (bicyclic) bond motifs is 1. The number of nitrogens with zero attached hydrogens (tertiary/aromatic N) is 1. The molecule has 138 valence electrons. The maximum atomic E-state index is 12.1. The highest BCUT2D eigenvalue weighted by molar-refractivity contribution is 5.95. The van der Waals surface area contributed by atoms with E-state index >= 15 is 0 Å². The standard InChI is InChI=1S/C18H20N2O6/c1-18(2,3)14-9-16(26-20-14)19-15(21)10-25-17(22)11-4-5-12-13(8-11)24-7-6-23-12/h4-5,8-9H,6-7,10H2,1-3H3,(H,19,21). The quantitative estimate of drug-likeness (QED) is 0.836. The monoisotopic (exact) mass is 360 g/mol. The molecule has 8 nitrogen and oxygen atoms in total. The van der Waals surface area contributed by atoms with Gasteiger partial charge in [0, 0.05) is 11.5 Å². The highest BCUT2D eigenvalue weighted by Crippen LogP contribution is 2.31. The first kappa shape index (κ1) is 17.8. The van der Waals surface area contributed by atoms with Gasteiger partial charge in [-0.3, -0.25) is 10.1 Å². The van der Waals surface area contributed by atoms with Crippen molar-refractivity contribution in [3.63, 3.8) is 0 Å². The topological polar surface area (TPSA) is 99.9 Å². The van der Waals surface area contributed by atoms with Gasteiger partial charge in [-0.1, -0.05) is 25.9 Å². The molecule has 3 rings (SSSR count). The Morgan fingerprint density at radius 1 is 1.15 bits per heavy atom. The van der Waals surface area contributed by atoms with Crippen molar-refractivity contribution >= 4 is 17.8 Å². The van der Waals surface area contributed by atoms with Crippen molar-refractivity contribution in [1.82, 2.24) is 5.16 Å². The van der Waals surface area contributed by atoms with Crippen molar-refractivity contribution in [1.29, 1.82) is 0 Å². The molecule has 26 heavy (non-hydrogen) atoms. The van der Waals surface area contributed by atoms with Crippen molar-refractivity contribution in [2.75, 3.05) is 25.1 Å². The van der Waals surface area contributed by atoms with Crippen molar-refractivity contribution in [3.8, 4) is 11.5 Å². The second kappa shape index (κ2) is 7.07. The number of rotatable bonds is 4. The Labute approximate surface area is 150 Å². The molecule has 1 N–H and O–H groups in total. The van der Waals surface area contributed by atoms with Crippen molar-refractivity contribution < 1.29 is 28.3 Å². The van der Waals surface area contributed by atoms with Crippen LogP contribution in [0.1, 0.15) is 36.8 Å². The second-order valence-electron chi connectivity index (χ2n) is 6.81. The smallest absolute Gasteiger partial charge is 0.338 e. The zero-order chi connectivity index (χ0) is 18.7. The summed E-state index contributed by atoms with van der Waals surface area (Å²) < 4.78 is 20.9. The predicted octanol–water partition coefficient (Wildman–Crippen LogP) is 2.54. The van der Waals surface area contributed by atoms with Crippen LogP contribution in [0, 0.1) is 0 Å². The van der Waals surface area contributed by atoms with Crippen LogP contribution < -0.4 is 14.8 Å². The first-order valence-corrected chi connectivity index (χ1v) is 8.17. The largest absolute Gasteiger partial charge is 0.486 e. The molecule has 0 aliphatic carbocycles. The Hall–Kier alpha value is -3.03. The molecule has 1 aliphatic heterocycles. The zero-order valence-electron chi connectivity index (χ0n) is 14.8. The Morgan fingerprint density at radius 3 is 2.58 bits per heavy atom. The number of amides is 1. The van der Waals surface area contributed by atoms with Gasteiger partial charge in [-0.25, -0.2) is 4.79 Å². The first-order valence-electron chi connectivity index (χ1n) is 8.17. The van der Waals surface area contributed by atoms with Crippen LogP contribution in [0.15, 0.2) is 28.8 Å². The van der Waals surface area contributed by atoms with Gasteiger partial charge >= 0.3 is 5.97 Å². The third kappa shape index (κ3) is 4.14. The summed E-state index contributed by atoms with van der Waals surface area (Å²) in [6.07, 6.45) is 0. The molecule has 0 saturated heterocycles. The van der Waals surface area contributed by atoms with E-state index in [1.807, 2.05) is 20.8 Å². The first-order chi connectivity index (χ1) is 12.3. The summed E-state index contributed by atoms with van der Waals surface area (Å²) in [5.74, 6) is 0.102. The zero-order valence-corrected chi connectivity index (χ0v) is 14.8. The summed E-state index contributed by atoms with van der Waals surface area (Å²) in [6, 6.07) is 6.36. The fraction of sp³-hybridized carbons (Fsp3) is 0.389. The summed E-state index contributed by atoms with van der Waals surface area (Å²) in [7, 11) is 0. The molecule has 8 heteroatoms. The number of carbonyl (C=O) groups is 2. The lowest BCUT2D eigenvalue weighted by Gasteiger charge is -2.18. The van der Waals surface area contributed by atoms with E-state index in [4.69, 9.17) is 18.7 Å². The minimum atomic E-state index is -0.634. The molecule has 0 spiro atoms. The van der Waals surface area contributed by atoms with Crippen molar-refractivity contribution in [3.05, 3.63) is 35.5 Å².